The van der Waals surface area contributed by atoms with Crippen molar-refractivity contribution in [1.82, 2.24) is 4.98 Å². The van der Waals surface area contributed by atoms with Gasteiger partial charge >= 0.3 is 6.03 Å². The molecule has 0 spiro atoms. The van der Waals surface area contributed by atoms with Crippen LogP contribution >= 0.6 is 24.2 Å². The molecule has 0 unspecified atom stereocenters. The van der Waals surface area contributed by atoms with E-state index in [9.17, 15) is 14.0 Å². The van der Waals surface area contributed by atoms with Crippen LogP contribution in [0.5, 0.6) is 0 Å². The van der Waals surface area contributed by atoms with E-state index in [1.807, 2.05) is 6.07 Å². The second kappa shape index (κ2) is 8.52. The zero-order valence-corrected chi connectivity index (χ0v) is 17.1. The lowest BCUT2D eigenvalue weighted by Crippen LogP contribution is -2.26. The molecule has 30 heavy (non-hydrogen) atoms. The van der Waals surface area contributed by atoms with Crippen molar-refractivity contribution in [2.75, 3.05) is 14.9 Å². The lowest BCUT2D eigenvalue weighted by Gasteiger charge is -2.17. The van der Waals surface area contributed by atoms with Gasteiger partial charge in [0.25, 0.3) is 5.91 Å². The summed E-state index contributed by atoms with van der Waals surface area (Å²) in [5.41, 5.74) is 4.06. The Labute approximate surface area is 180 Å². The molecule has 0 aliphatic carbocycles. The molecular formula is C21H15FN4O2S2. The van der Waals surface area contributed by atoms with Gasteiger partial charge in [0.1, 0.15) is 5.82 Å². The zero-order chi connectivity index (χ0) is 21.1. The Hall–Kier alpha value is -3.43. The second-order valence-corrected chi connectivity index (χ2v) is 7.54. The topological polar surface area (TPSA) is 74.3 Å². The van der Waals surface area contributed by atoms with Gasteiger partial charge in [-0.1, -0.05) is 24.9 Å². The van der Waals surface area contributed by atoms with Crippen molar-refractivity contribution >= 4 is 63.4 Å². The normalized spacial score (nSPS) is 10.6. The molecule has 4 aromatic rings. The minimum Gasteiger partial charge on any atom is -0.322 e. The van der Waals surface area contributed by atoms with Crippen molar-refractivity contribution < 1.29 is 14.0 Å². The summed E-state index contributed by atoms with van der Waals surface area (Å²) in [4.78, 5) is 28.9. The van der Waals surface area contributed by atoms with E-state index < -0.39 is 17.8 Å². The summed E-state index contributed by atoms with van der Waals surface area (Å²) < 4.78 is 15.9. The predicted molar refractivity (Wildman–Crippen MR) is 121 cm³/mol. The van der Waals surface area contributed by atoms with Crippen molar-refractivity contribution in [1.29, 1.82) is 0 Å². The molecule has 0 fully saturated rings. The molecule has 0 radical (unpaired) electrons. The molecule has 0 aliphatic rings. The molecule has 0 atom stereocenters. The fourth-order valence-electron chi connectivity index (χ4n) is 2.76. The van der Waals surface area contributed by atoms with Crippen LogP contribution in [-0.2, 0) is 0 Å². The van der Waals surface area contributed by atoms with Crippen molar-refractivity contribution in [3.8, 4) is 0 Å². The molecule has 4 rings (SSSR count). The van der Waals surface area contributed by atoms with Crippen molar-refractivity contribution in [3.63, 3.8) is 0 Å². The zero-order valence-electron chi connectivity index (χ0n) is 15.4. The van der Waals surface area contributed by atoms with Gasteiger partial charge in [-0.15, -0.1) is 11.3 Å². The standard InChI is InChI=1S/C21H15FN4O2S2/c22-17-4-2-1-3-16(17)20(27)24-13-5-8-15(9-6-13)26(29)21(28)25-14-7-10-19-18(11-14)23-12-30-19/h1-12,29H,(H,24,27)(H,25,28). The van der Waals surface area contributed by atoms with Crippen LogP contribution in [0.3, 0.4) is 0 Å². The lowest BCUT2D eigenvalue weighted by molar-refractivity contribution is 0.102. The highest BCUT2D eigenvalue weighted by atomic mass is 32.1. The van der Waals surface area contributed by atoms with E-state index in [1.54, 1.807) is 48.0 Å². The van der Waals surface area contributed by atoms with E-state index in [0.717, 1.165) is 14.5 Å². The molecule has 1 aromatic heterocycles. The third-order valence-corrected chi connectivity index (χ3v) is 5.48. The molecule has 0 saturated heterocycles. The third-order valence-electron chi connectivity index (χ3n) is 4.26. The van der Waals surface area contributed by atoms with Crippen LogP contribution in [-0.4, -0.2) is 16.9 Å². The Kier molecular flexibility index (Phi) is 5.64. The van der Waals surface area contributed by atoms with Crippen LogP contribution in [0, 0.1) is 5.82 Å². The average Bonchev–Trinajstić information content (AvgIpc) is 3.22. The van der Waals surface area contributed by atoms with Gasteiger partial charge in [-0.25, -0.2) is 18.5 Å². The van der Waals surface area contributed by atoms with E-state index in [-0.39, 0.29) is 5.56 Å². The number of anilines is 3. The first-order valence-corrected chi connectivity index (χ1v) is 10.1. The largest absolute Gasteiger partial charge is 0.336 e. The fraction of sp³-hybridized carbons (Fsp3) is 0. The Balaban J connectivity index is 1.41. The second-order valence-electron chi connectivity index (χ2n) is 6.26. The first kappa shape index (κ1) is 19.9. The van der Waals surface area contributed by atoms with E-state index >= 15 is 0 Å². The number of thiol groups is 1. The lowest BCUT2D eigenvalue weighted by atomic mass is 10.2. The molecule has 3 amide bonds. The van der Waals surface area contributed by atoms with Crippen LogP contribution in [0.4, 0.5) is 26.2 Å². The average molecular weight is 439 g/mol. The number of nitrogens with one attached hydrogen (secondary N) is 2. The highest BCUT2D eigenvalue weighted by Crippen LogP contribution is 2.24. The number of thiazole rings is 1. The van der Waals surface area contributed by atoms with E-state index in [4.69, 9.17) is 0 Å². The molecule has 6 nitrogen and oxygen atoms in total. The van der Waals surface area contributed by atoms with Crippen LogP contribution in [0.2, 0.25) is 0 Å². The van der Waals surface area contributed by atoms with Crippen LogP contribution < -0.4 is 14.9 Å². The Morgan fingerprint density at radius 1 is 0.967 bits per heavy atom. The molecule has 0 bridgehead atoms. The number of carbonyl (C=O) groups excluding carboxylic acids is 2. The number of hydrogen-bond acceptors (Lipinski definition) is 5. The van der Waals surface area contributed by atoms with Crippen molar-refractivity contribution in [2.45, 2.75) is 0 Å². The number of halogens is 1. The summed E-state index contributed by atoms with van der Waals surface area (Å²) in [5, 5.41) is 5.38. The van der Waals surface area contributed by atoms with Gasteiger partial charge in [0.2, 0.25) is 0 Å². The molecule has 0 aliphatic heterocycles. The minimum absolute atomic E-state index is 0.0474. The van der Waals surface area contributed by atoms with Gasteiger partial charge in [-0.3, -0.25) is 4.79 Å². The predicted octanol–water partition coefficient (Wildman–Crippen LogP) is 5.57. The van der Waals surface area contributed by atoms with Crippen LogP contribution in [0.1, 0.15) is 10.4 Å². The van der Waals surface area contributed by atoms with Gasteiger partial charge in [0.05, 0.1) is 27.0 Å². The van der Waals surface area contributed by atoms with Gasteiger partial charge in [0, 0.05) is 11.4 Å². The Morgan fingerprint density at radius 3 is 2.47 bits per heavy atom. The Morgan fingerprint density at radius 2 is 1.70 bits per heavy atom. The number of benzene rings is 3. The summed E-state index contributed by atoms with van der Waals surface area (Å²) in [5.74, 6) is -1.15. The smallest absolute Gasteiger partial charge is 0.322 e. The summed E-state index contributed by atoms with van der Waals surface area (Å²) in [6.07, 6.45) is 0. The molecule has 2 N–H and O–H groups in total. The number of hydrogen-bond donors (Lipinski definition) is 3. The monoisotopic (exact) mass is 438 g/mol. The SMILES string of the molecule is O=C(Nc1ccc(N(S)C(=O)Nc2ccc3scnc3c2)cc1)c1ccccc1F. The van der Waals surface area contributed by atoms with Gasteiger partial charge in [-0.2, -0.15) is 0 Å². The maximum absolute atomic E-state index is 13.7. The number of aromatic nitrogens is 1. The van der Waals surface area contributed by atoms with E-state index in [1.165, 1.54) is 29.5 Å². The van der Waals surface area contributed by atoms with E-state index in [2.05, 4.69) is 28.4 Å². The quantitative estimate of drug-likeness (QED) is 0.365. The first-order chi connectivity index (χ1) is 14.5. The molecule has 3 aromatic carbocycles. The summed E-state index contributed by atoms with van der Waals surface area (Å²) in [6, 6.07) is 17.2. The van der Waals surface area contributed by atoms with Gasteiger partial charge in [-0.05, 0) is 54.6 Å². The summed E-state index contributed by atoms with van der Waals surface area (Å²) in [7, 11) is 0. The first-order valence-electron chi connectivity index (χ1n) is 8.80. The van der Waals surface area contributed by atoms with Gasteiger partial charge < -0.3 is 10.6 Å². The maximum atomic E-state index is 13.7. The minimum atomic E-state index is -0.597. The number of nitrogens with zero attached hydrogens (tertiary/aromatic N) is 2. The molecule has 0 saturated carbocycles. The molecular weight excluding hydrogens is 423 g/mol. The third kappa shape index (κ3) is 4.27. The summed E-state index contributed by atoms with van der Waals surface area (Å²) >= 11 is 5.77. The van der Waals surface area contributed by atoms with Crippen molar-refractivity contribution in [2.24, 2.45) is 0 Å². The fourth-order valence-corrected chi connectivity index (χ4v) is 3.60. The molecule has 150 valence electrons. The number of rotatable bonds is 4. The number of urea groups is 1. The molecule has 1 heterocycles. The maximum Gasteiger partial charge on any atom is 0.336 e. The van der Waals surface area contributed by atoms with Crippen LogP contribution in [0.15, 0.2) is 72.2 Å². The highest BCUT2D eigenvalue weighted by molar-refractivity contribution is 7.82. The number of carbonyl (C=O) groups is 2. The van der Waals surface area contributed by atoms with E-state index in [0.29, 0.717) is 17.1 Å². The van der Waals surface area contributed by atoms with Gasteiger partial charge in [0.15, 0.2) is 0 Å². The van der Waals surface area contributed by atoms with Crippen molar-refractivity contribution in [3.05, 3.63) is 83.6 Å². The highest BCUT2D eigenvalue weighted by Gasteiger charge is 2.14. The summed E-state index contributed by atoms with van der Waals surface area (Å²) in [6.45, 7) is 0. The number of fused-ring (bicyclic) bond motifs is 1. The Bertz CT molecular complexity index is 1230. The molecule has 9 heteroatoms. The number of amides is 3. The van der Waals surface area contributed by atoms with Crippen LogP contribution in [0.25, 0.3) is 10.2 Å².